The minimum Gasteiger partial charge on any atom is -0.387 e. The van der Waals surface area contributed by atoms with E-state index in [9.17, 15) is 0 Å². The van der Waals surface area contributed by atoms with Gasteiger partial charge in [-0.15, -0.1) is 0 Å². The Morgan fingerprint density at radius 2 is 1.65 bits per heavy atom. The topological polar surface area (TPSA) is 24.9 Å². The van der Waals surface area contributed by atoms with Gasteiger partial charge in [0.1, 0.15) is 0 Å². The number of pyridine rings is 1. The maximum absolute atomic E-state index is 4.68. The van der Waals surface area contributed by atoms with Gasteiger partial charge < -0.3 is 5.32 Å². The smallest absolute Gasteiger partial charge is 0.0726 e. The predicted octanol–water partition coefficient (Wildman–Crippen LogP) is 4.56. The van der Waals surface area contributed by atoms with Gasteiger partial charge in [0.05, 0.1) is 5.52 Å². The fourth-order valence-electron chi connectivity index (χ4n) is 2.61. The second kappa shape index (κ2) is 4.97. The molecule has 0 atom stereocenters. The van der Waals surface area contributed by atoms with Gasteiger partial charge in [0.2, 0.25) is 0 Å². The van der Waals surface area contributed by atoms with Gasteiger partial charge in [-0.05, 0) is 42.7 Å². The Kier molecular flexibility index (Phi) is 3.15. The summed E-state index contributed by atoms with van der Waals surface area (Å²) in [5.74, 6) is 0. The molecule has 2 nitrogen and oxygen atoms in total. The number of nitrogens with one attached hydrogen (secondary N) is 1. The van der Waals surface area contributed by atoms with Crippen molar-refractivity contribution in [2.24, 2.45) is 0 Å². The highest BCUT2D eigenvalue weighted by molar-refractivity contribution is 5.96. The van der Waals surface area contributed by atoms with Crippen LogP contribution in [-0.4, -0.2) is 12.0 Å². The number of nitrogens with zero attached hydrogens (tertiary/aromatic N) is 1. The van der Waals surface area contributed by atoms with E-state index in [1.807, 2.05) is 13.1 Å². The van der Waals surface area contributed by atoms with Crippen molar-refractivity contribution in [3.63, 3.8) is 0 Å². The van der Waals surface area contributed by atoms with Crippen LogP contribution in [0.4, 0.5) is 5.69 Å². The molecular formula is C18H18N2. The van der Waals surface area contributed by atoms with Crippen LogP contribution in [0, 0.1) is 13.8 Å². The minimum absolute atomic E-state index is 1.04. The minimum atomic E-state index is 1.04. The summed E-state index contributed by atoms with van der Waals surface area (Å²) in [5.41, 5.74) is 6.95. The summed E-state index contributed by atoms with van der Waals surface area (Å²) in [6, 6.07) is 16.9. The van der Waals surface area contributed by atoms with E-state index in [4.69, 9.17) is 0 Å². The van der Waals surface area contributed by atoms with Crippen molar-refractivity contribution in [3.05, 3.63) is 59.8 Å². The Labute approximate surface area is 119 Å². The number of hydrogen-bond acceptors (Lipinski definition) is 2. The van der Waals surface area contributed by atoms with Gasteiger partial charge in [0, 0.05) is 23.8 Å². The molecule has 1 aromatic heterocycles. The zero-order valence-corrected chi connectivity index (χ0v) is 12.1. The average molecular weight is 262 g/mol. The van der Waals surface area contributed by atoms with Crippen LogP contribution in [0.15, 0.2) is 48.5 Å². The molecule has 0 saturated heterocycles. The molecule has 0 spiro atoms. The van der Waals surface area contributed by atoms with Gasteiger partial charge in [-0.3, -0.25) is 4.98 Å². The Morgan fingerprint density at radius 3 is 2.35 bits per heavy atom. The fraction of sp³-hybridized carbons (Fsp3) is 0.167. The predicted molar refractivity (Wildman–Crippen MR) is 86.2 cm³/mol. The van der Waals surface area contributed by atoms with Gasteiger partial charge in [-0.25, -0.2) is 0 Å². The molecule has 0 saturated carbocycles. The van der Waals surface area contributed by atoms with Crippen LogP contribution in [-0.2, 0) is 0 Å². The maximum atomic E-state index is 4.68. The van der Waals surface area contributed by atoms with Gasteiger partial charge in [-0.1, -0.05) is 36.4 Å². The van der Waals surface area contributed by atoms with Crippen molar-refractivity contribution in [1.29, 1.82) is 0 Å². The van der Waals surface area contributed by atoms with E-state index in [1.165, 1.54) is 27.8 Å². The number of aromatic nitrogens is 1. The molecule has 0 fully saturated rings. The lowest BCUT2D eigenvalue weighted by atomic mass is 10.0. The molecule has 0 unspecified atom stereocenters. The highest BCUT2D eigenvalue weighted by Gasteiger charge is 2.09. The SMILES string of the molecule is CNc1c(C)c(C)nc2ccc(-c3ccccc3)cc12. The molecule has 0 bridgehead atoms. The molecule has 2 heteroatoms. The molecule has 0 aliphatic heterocycles. The molecule has 0 radical (unpaired) electrons. The molecule has 2 aromatic carbocycles. The summed E-state index contributed by atoms with van der Waals surface area (Å²) in [6.07, 6.45) is 0. The van der Waals surface area contributed by atoms with E-state index in [0.717, 1.165) is 11.2 Å². The van der Waals surface area contributed by atoms with Crippen LogP contribution in [0.5, 0.6) is 0 Å². The Hall–Kier alpha value is -2.35. The number of hydrogen-bond donors (Lipinski definition) is 1. The summed E-state index contributed by atoms with van der Waals surface area (Å²) < 4.78 is 0. The lowest BCUT2D eigenvalue weighted by Gasteiger charge is -2.13. The molecule has 0 amide bonds. The summed E-state index contributed by atoms with van der Waals surface area (Å²) in [7, 11) is 1.97. The third-order valence-electron chi connectivity index (χ3n) is 3.83. The maximum Gasteiger partial charge on any atom is 0.0726 e. The van der Waals surface area contributed by atoms with Gasteiger partial charge >= 0.3 is 0 Å². The average Bonchev–Trinajstić information content (AvgIpc) is 2.49. The molecule has 1 heterocycles. The van der Waals surface area contributed by atoms with Crippen molar-refractivity contribution in [2.75, 3.05) is 12.4 Å². The van der Waals surface area contributed by atoms with Crippen LogP contribution >= 0.6 is 0 Å². The van der Waals surface area contributed by atoms with E-state index >= 15 is 0 Å². The molecule has 0 aliphatic rings. The van der Waals surface area contributed by atoms with E-state index in [2.05, 4.69) is 66.6 Å². The largest absolute Gasteiger partial charge is 0.387 e. The Balaban J connectivity index is 2.28. The van der Waals surface area contributed by atoms with Crippen LogP contribution in [0.3, 0.4) is 0 Å². The van der Waals surface area contributed by atoms with Crippen LogP contribution in [0.1, 0.15) is 11.3 Å². The monoisotopic (exact) mass is 262 g/mol. The van der Waals surface area contributed by atoms with Crippen LogP contribution in [0.25, 0.3) is 22.0 Å². The molecule has 3 rings (SSSR count). The lowest BCUT2D eigenvalue weighted by Crippen LogP contribution is -1.98. The Morgan fingerprint density at radius 1 is 0.900 bits per heavy atom. The molecule has 0 aliphatic carbocycles. The third kappa shape index (κ3) is 2.03. The lowest BCUT2D eigenvalue weighted by molar-refractivity contribution is 1.19. The molecule has 3 aromatic rings. The van der Waals surface area contributed by atoms with Crippen molar-refractivity contribution < 1.29 is 0 Å². The number of aryl methyl sites for hydroxylation is 1. The van der Waals surface area contributed by atoms with Crippen molar-refractivity contribution in [3.8, 4) is 11.1 Å². The standard InChI is InChI=1S/C18H18N2/c1-12-13(2)20-17-10-9-15(11-16(17)18(12)19-3)14-7-5-4-6-8-14/h4-11H,1-3H3,(H,19,20). The van der Waals surface area contributed by atoms with Gasteiger partial charge in [0.15, 0.2) is 0 Å². The number of benzene rings is 2. The highest BCUT2D eigenvalue weighted by atomic mass is 14.8. The van der Waals surface area contributed by atoms with Crippen LogP contribution in [0.2, 0.25) is 0 Å². The summed E-state index contributed by atoms with van der Waals surface area (Å²) in [4.78, 5) is 4.68. The van der Waals surface area contributed by atoms with E-state index < -0.39 is 0 Å². The third-order valence-corrected chi connectivity index (χ3v) is 3.83. The van der Waals surface area contributed by atoms with E-state index in [1.54, 1.807) is 0 Å². The zero-order valence-electron chi connectivity index (χ0n) is 12.1. The first-order chi connectivity index (χ1) is 9.70. The molecule has 20 heavy (non-hydrogen) atoms. The zero-order chi connectivity index (χ0) is 14.1. The first-order valence-electron chi connectivity index (χ1n) is 6.85. The molecular weight excluding hydrogens is 244 g/mol. The van der Waals surface area contributed by atoms with E-state index in [-0.39, 0.29) is 0 Å². The van der Waals surface area contributed by atoms with Gasteiger partial charge in [-0.2, -0.15) is 0 Å². The first-order valence-corrected chi connectivity index (χ1v) is 6.85. The van der Waals surface area contributed by atoms with Crippen molar-refractivity contribution in [2.45, 2.75) is 13.8 Å². The van der Waals surface area contributed by atoms with Crippen LogP contribution < -0.4 is 5.32 Å². The highest BCUT2D eigenvalue weighted by Crippen LogP contribution is 2.31. The quantitative estimate of drug-likeness (QED) is 0.732. The normalized spacial score (nSPS) is 10.8. The molecule has 1 N–H and O–H groups in total. The molecule has 100 valence electrons. The first kappa shape index (κ1) is 12.7. The van der Waals surface area contributed by atoms with Gasteiger partial charge in [0.25, 0.3) is 0 Å². The summed E-state index contributed by atoms with van der Waals surface area (Å²) in [5, 5.41) is 4.50. The summed E-state index contributed by atoms with van der Waals surface area (Å²) >= 11 is 0. The van der Waals surface area contributed by atoms with Crippen molar-refractivity contribution in [1.82, 2.24) is 4.98 Å². The number of rotatable bonds is 2. The second-order valence-electron chi connectivity index (χ2n) is 5.05. The van der Waals surface area contributed by atoms with Crippen molar-refractivity contribution >= 4 is 16.6 Å². The fourth-order valence-corrected chi connectivity index (χ4v) is 2.61. The number of anilines is 1. The second-order valence-corrected chi connectivity index (χ2v) is 5.05. The summed E-state index contributed by atoms with van der Waals surface area (Å²) in [6.45, 7) is 4.17. The van der Waals surface area contributed by atoms with E-state index in [0.29, 0.717) is 0 Å². The Bertz CT molecular complexity index is 761. The number of fused-ring (bicyclic) bond motifs is 1.